The van der Waals surface area contributed by atoms with Crippen molar-refractivity contribution < 1.29 is 0 Å². The van der Waals surface area contributed by atoms with Gasteiger partial charge in [0.2, 0.25) is 0 Å². The molecule has 2 aromatic rings. The van der Waals surface area contributed by atoms with Crippen LogP contribution < -0.4 is 0 Å². The van der Waals surface area contributed by atoms with Gasteiger partial charge in [0.25, 0.3) is 0 Å². The Kier molecular flexibility index (Phi) is 5.94. The Hall–Kier alpha value is -2.60. The molecule has 0 atom stereocenters. The summed E-state index contributed by atoms with van der Waals surface area (Å²) in [6.45, 7) is 11.9. The smallest absolute Gasteiger partial charge is 0.0339 e. The highest BCUT2D eigenvalue weighted by atomic mass is 14.2. The van der Waals surface area contributed by atoms with Crippen molar-refractivity contribution in [1.82, 2.24) is 0 Å². The fourth-order valence-corrected chi connectivity index (χ4v) is 2.66. The summed E-state index contributed by atoms with van der Waals surface area (Å²) in [4.78, 5) is 0. The van der Waals surface area contributed by atoms with E-state index in [0.29, 0.717) is 0 Å². The quantitative estimate of drug-likeness (QED) is 0.550. The first-order valence-electron chi connectivity index (χ1n) is 7.90. The number of benzene rings is 2. The van der Waals surface area contributed by atoms with Crippen molar-refractivity contribution in [2.45, 2.75) is 19.8 Å². The van der Waals surface area contributed by atoms with E-state index in [1.54, 1.807) is 6.08 Å². The van der Waals surface area contributed by atoms with Gasteiger partial charge >= 0.3 is 0 Å². The predicted molar refractivity (Wildman–Crippen MR) is 102 cm³/mol. The first-order chi connectivity index (χ1) is 11.2. The summed E-state index contributed by atoms with van der Waals surface area (Å²) in [7, 11) is 0. The third kappa shape index (κ3) is 4.43. The standard InChI is InChI=1S/C23H24/c1-5-7-9-20(8-6-2)23(21-14-10-18(3)11-15-21)22-16-12-19(4)13-17-22/h5-17,23H,1-2H2,3-4H3/b9-7-,20-8+. The Labute approximate surface area is 140 Å². The van der Waals surface area contributed by atoms with E-state index in [2.05, 4.69) is 87.7 Å². The molecule has 2 rings (SSSR count). The zero-order valence-electron chi connectivity index (χ0n) is 14.0. The van der Waals surface area contributed by atoms with Gasteiger partial charge < -0.3 is 0 Å². The predicted octanol–water partition coefficient (Wildman–Crippen LogP) is 6.29. The summed E-state index contributed by atoms with van der Waals surface area (Å²) in [5.41, 5.74) is 6.30. The number of aryl methyl sites for hydroxylation is 2. The van der Waals surface area contributed by atoms with Crippen molar-refractivity contribution in [3.05, 3.63) is 120 Å². The van der Waals surface area contributed by atoms with Gasteiger partial charge in [0, 0.05) is 5.92 Å². The molecule has 0 heteroatoms. The topological polar surface area (TPSA) is 0 Å². The molecule has 23 heavy (non-hydrogen) atoms. The van der Waals surface area contributed by atoms with Gasteiger partial charge in [-0.15, -0.1) is 0 Å². The van der Waals surface area contributed by atoms with E-state index in [1.165, 1.54) is 27.8 Å². The van der Waals surface area contributed by atoms with Crippen LogP contribution in [-0.2, 0) is 0 Å². The minimum Gasteiger partial charge on any atom is -0.0991 e. The first kappa shape index (κ1) is 16.8. The molecule has 0 saturated carbocycles. The molecule has 0 fully saturated rings. The van der Waals surface area contributed by atoms with Gasteiger partial charge in [0.15, 0.2) is 0 Å². The number of hydrogen-bond acceptors (Lipinski definition) is 0. The summed E-state index contributed by atoms with van der Waals surface area (Å²) in [6.07, 6.45) is 9.81. The van der Waals surface area contributed by atoms with Gasteiger partial charge in [0.05, 0.1) is 0 Å². The average molecular weight is 300 g/mol. The Morgan fingerprint density at radius 2 is 1.26 bits per heavy atom. The SMILES string of the molecule is C=C/C=C\C(=C/C=C)C(c1ccc(C)cc1)c1ccc(C)cc1. The van der Waals surface area contributed by atoms with Crippen LogP contribution in [-0.4, -0.2) is 0 Å². The summed E-state index contributed by atoms with van der Waals surface area (Å²) in [5, 5.41) is 0. The molecule has 0 unspecified atom stereocenters. The van der Waals surface area contributed by atoms with Crippen LogP contribution >= 0.6 is 0 Å². The van der Waals surface area contributed by atoms with Crippen LogP contribution in [0.3, 0.4) is 0 Å². The van der Waals surface area contributed by atoms with Crippen LogP contribution in [0, 0.1) is 13.8 Å². The molecule has 116 valence electrons. The molecule has 0 radical (unpaired) electrons. The first-order valence-corrected chi connectivity index (χ1v) is 7.90. The third-order valence-corrected chi connectivity index (χ3v) is 3.89. The van der Waals surface area contributed by atoms with E-state index in [4.69, 9.17) is 0 Å². The fourth-order valence-electron chi connectivity index (χ4n) is 2.66. The summed E-state index contributed by atoms with van der Waals surface area (Å²) in [5.74, 6) is 0.186. The molecule has 0 amide bonds. The van der Waals surface area contributed by atoms with Crippen molar-refractivity contribution in [3.8, 4) is 0 Å². The van der Waals surface area contributed by atoms with E-state index >= 15 is 0 Å². The molecule has 0 bridgehead atoms. The Balaban J connectivity index is 2.57. The monoisotopic (exact) mass is 300 g/mol. The van der Waals surface area contributed by atoms with Crippen molar-refractivity contribution >= 4 is 0 Å². The molecule has 0 aliphatic rings. The van der Waals surface area contributed by atoms with Gasteiger partial charge in [-0.1, -0.05) is 103 Å². The minimum atomic E-state index is 0.186. The van der Waals surface area contributed by atoms with E-state index in [1.807, 2.05) is 12.2 Å². The highest BCUT2D eigenvalue weighted by molar-refractivity contribution is 5.47. The lowest BCUT2D eigenvalue weighted by molar-refractivity contribution is 0.974. The second-order valence-electron chi connectivity index (χ2n) is 5.75. The zero-order chi connectivity index (χ0) is 16.7. The van der Waals surface area contributed by atoms with Gasteiger partial charge in [0.1, 0.15) is 0 Å². The normalized spacial score (nSPS) is 11.9. The van der Waals surface area contributed by atoms with E-state index in [0.717, 1.165) is 0 Å². The lowest BCUT2D eigenvalue weighted by atomic mass is 9.83. The van der Waals surface area contributed by atoms with E-state index in [9.17, 15) is 0 Å². The Morgan fingerprint density at radius 1 is 0.783 bits per heavy atom. The number of rotatable bonds is 6. The molecule has 0 saturated heterocycles. The van der Waals surface area contributed by atoms with Gasteiger partial charge in [-0.25, -0.2) is 0 Å². The molecular formula is C23H24. The molecule has 0 spiro atoms. The number of allylic oxidation sites excluding steroid dienone is 6. The molecule has 0 heterocycles. The largest absolute Gasteiger partial charge is 0.0991 e. The molecule has 0 aromatic heterocycles. The summed E-state index contributed by atoms with van der Waals surface area (Å²) in [6, 6.07) is 17.5. The van der Waals surface area contributed by atoms with Crippen molar-refractivity contribution in [1.29, 1.82) is 0 Å². The summed E-state index contributed by atoms with van der Waals surface area (Å²) < 4.78 is 0. The molecule has 0 N–H and O–H groups in total. The highest BCUT2D eigenvalue weighted by Crippen LogP contribution is 2.33. The average Bonchev–Trinajstić information content (AvgIpc) is 2.56. The van der Waals surface area contributed by atoms with Gasteiger partial charge in [-0.2, -0.15) is 0 Å². The summed E-state index contributed by atoms with van der Waals surface area (Å²) >= 11 is 0. The fraction of sp³-hybridized carbons (Fsp3) is 0.130. The molecule has 0 nitrogen and oxygen atoms in total. The maximum Gasteiger partial charge on any atom is 0.0339 e. The Morgan fingerprint density at radius 3 is 1.65 bits per heavy atom. The van der Waals surface area contributed by atoms with Crippen LogP contribution in [0.2, 0.25) is 0 Å². The van der Waals surface area contributed by atoms with E-state index in [-0.39, 0.29) is 5.92 Å². The van der Waals surface area contributed by atoms with Crippen LogP contribution in [0.15, 0.2) is 97.6 Å². The second-order valence-corrected chi connectivity index (χ2v) is 5.75. The van der Waals surface area contributed by atoms with Crippen molar-refractivity contribution in [2.75, 3.05) is 0 Å². The zero-order valence-corrected chi connectivity index (χ0v) is 14.0. The second kappa shape index (κ2) is 8.14. The van der Waals surface area contributed by atoms with Crippen LogP contribution in [0.5, 0.6) is 0 Å². The lowest BCUT2D eigenvalue weighted by Crippen LogP contribution is -2.04. The maximum absolute atomic E-state index is 3.87. The van der Waals surface area contributed by atoms with Crippen molar-refractivity contribution in [2.24, 2.45) is 0 Å². The molecule has 0 aliphatic carbocycles. The Bertz CT molecular complexity index is 664. The van der Waals surface area contributed by atoms with Gasteiger partial charge in [-0.3, -0.25) is 0 Å². The molecular weight excluding hydrogens is 276 g/mol. The van der Waals surface area contributed by atoms with Gasteiger partial charge in [-0.05, 0) is 30.5 Å². The lowest BCUT2D eigenvalue weighted by Gasteiger charge is -2.20. The van der Waals surface area contributed by atoms with Crippen LogP contribution in [0.4, 0.5) is 0 Å². The highest BCUT2D eigenvalue weighted by Gasteiger charge is 2.17. The van der Waals surface area contributed by atoms with Crippen molar-refractivity contribution in [3.63, 3.8) is 0 Å². The third-order valence-electron chi connectivity index (χ3n) is 3.89. The number of hydrogen-bond donors (Lipinski definition) is 0. The van der Waals surface area contributed by atoms with E-state index < -0.39 is 0 Å². The minimum absolute atomic E-state index is 0.186. The maximum atomic E-state index is 3.87. The van der Waals surface area contributed by atoms with Crippen LogP contribution in [0.25, 0.3) is 0 Å². The molecule has 2 aromatic carbocycles. The molecule has 0 aliphatic heterocycles. The van der Waals surface area contributed by atoms with Crippen LogP contribution in [0.1, 0.15) is 28.2 Å².